The van der Waals surface area contributed by atoms with Gasteiger partial charge in [-0.25, -0.2) is 0 Å². The van der Waals surface area contributed by atoms with Crippen molar-refractivity contribution in [1.82, 2.24) is 4.90 Å². The molecular weight excluding hydrogens is 325 g/mol. The molecule has 1 saturated carbocycles. The third-order valence-corrected chi connectivity index (χ3v) is 3.81. The highest BCUT2D eigenvalue weighted by molar-refractivity contribution is 14.1. The summed E-state index contributed by atoms with van der Waals surface area (Å²) in [6.07, 6.45) is 4.61. The standard InChI is InChI=1S/C14H18INO/c1-2-3-10-16(13-8-9-13)14(17)11-4-6-12(15)7-5-11/h4-7,13H,2-3,8-10H2,1H3. The van der Waals surface area contributed by atoms with Crippen molar-refractivity contribution < 1.29 is 4.79 Å². The summed E-state index contributed by atoms with van der Waals surface area (Å²) in [6.45, 7) is 3.08. The molecule has 0 N–H and O–H groups in total. The Labute approximate surface area is 117 Å². The zero-order chi connectivity index (χ0) is 12.3. The second-order valence-corrected chi connectivity index (χ2v) is 5.84. The smallest absolute Gasteiger partial charge is 0.254 e. The van der Waals surface area contributed by atoms with E-state index in [-0.39, 0.29) is 5.91 Å². The number of rotatable bonds is 5. The number of carbonyl (C=O) groups excluding carboxylic acids is 1. The molecule has 1 aliphatic rings. The Kier molecular flexibility index (Phi) is 4.42. The van der Waals surface area contributed by atoms with Crippen molar-refractivity contribution in [3.05, 3.63) is 33.4 Å². The molecule has 0 atom stereocenters. The summed E-state index contributed by atoms with van der Waals surface area (Å²) >= 11 is 2.26. The van der Waals surface area contributed by atoms with Gasteiger partial charge in [-0.05, 0) is 66.1 Å². The molecule has 3 heteroatoms. The average Bonchev–Trinajstić information content (AvgIpc) is 3.14. The molecule has 0 saturated heterocycles. The van der Waals surface area contributed by atoms with Gasteiger partial charge in [-0.2, -0.15) is 0 Å². The van der Waals surface area contributed by atoms with Crippen LogP contribution < -0.4 is 0 Å². The van der Waals surface area contributed by atoms with Crippen molar-refractivity contribution in [3.63, 3.8) is 0 Å². The Morgan fingerprint density at radius 3 is 2.53 bits per heavy atom. The van der Waals surface area contributed by atoms with E-state index >= 15 is 0 Å². The summed E-state index contributed by atoms with van der Waals surface area (Å²) in [5, 5.41) is 0. The number of carbonyl (C=O) groups is 1. The quantitative estimate of drug-likeness (QED) is 0.747. The second kappa shape index (κ2) is 5.85. The van der Waals surface area contributed by atoms with E-state index in [1.54, 1.807) is 0 Å². The van der Waals surface area contributed by atoms with Gasteiger partial charge in [-0.1, -0.05) is 13.3 Å². The number of nitrogens with zero attached hydrogens (tertiary/aromatic N) is 1. The molecule has 1 fully saturated rings. The first kappa shape index (κ1) is 12.9. The number of hydrogen-bond acceptors (Lipinski definition) is 1. The lowest BCUT2D eigenvalue weighted by Gasteiger charge is -2.22. The van der Waals surface area contributed by atoms with Crippen LogP contribution in [-0.2, 0) is 0 Å². The molecule has 0 bridgehead atoms. The fraction of sp³-hybridized carbons (Fsp3) is 0.500. The largest absolute Gasteiger partial charge is 0.336 e. The molecule has 0 aromatic heterocycles. The lowest BCUT2D eigenvalue weighted by Crippen LogP contribution is -2.33. The molecule has 0 spiro atoms. The maximum Gasteiger partial charge on any atom is 0.254 e. The molecule has 2 rings (SSSR count). The molecule has 2 nitrogen and oxygen atoms in total. The van der Waals surface area contributed by atoms with E-state index in [1.165, 1.54) is 16.4 Å². The van der Waals surface area contributed by atoms with Gasteiger partial charge >= 0.3 is 0 Å². The van der Waals surface area contributed by atoms with E-state index in [0.717, 1.165) is 24.9 Å². The van der Waals surface area contributed by atoms with E-state index in [1.807, 2.05) is 24.3 Å². The summed E-state index contributed by atoms with van der Waals surface area (Å²) in [5.74, 6) is 0.206. The number of hydrogen-bond donors (Lipinski definition) is 0. The summed E-state index contributed by atoms with van der Waals surface area (Å²) in [6, 6.07) is 8.38. The van der Waals surface area contributed by atoms with Crippen LogP contribution >= 0.6 is 22.6 Å². The molecule has 0 aliphatic heterocycles. The van der Waals surface area contributed by atoms with Gasteiger partial charge in [0.1, 0.15) is 0 Å². The van der Waals surface area contributed by atoms with Crippen molar-refractivity contribution in [1.29, 1.82) is 0 Å². The molecule has 17 heavy (non-hydrogen) atoms. The van der Waals surface area contributed by atoms with Crippen LogP contribution in [0.5, 0.6) is 0 Å². The first-order valence-corrected chi connectivity index (χ1v) is 7.36. The molecule has 1 aromatic rings. The predicted molar refractivity (Wildman–Crippen MR) is 78.1 cm³/mol. The number of halogens is 1. The molecule has 0 radical (unpaired) electrons. The maximum atomic E-state index is 12.4. The monoisotopic (exact) mass is 343 g/mol. The van der Waals surface area contributed by atoms with Crippen molar-refractivity contribution in [2.75, 3.05) is 6.54 Å². The second-order valence-electron chi connectivity index (χ2n) is 4.59. The van der Waals surface area contributed by atoms with Crippen molar-refractivity contribution >= 4 is 28.5 Å². The Bertz CT molecular complexity index is 384. The maximum absolute atomic E-state index is 12.4. The first-order chi connectivity index (χ1) is 8.22. The van der Waals surface area contributed by atoms with Crippen molar-refractivity contribution in [3.8, 4) is 0 Å². The van der Waals surface area contributed by atoms with Crippen LogP contribution in [0.4, 0.5) is 0 Å². The lowest BCUT2D eigenvalue weighted by atomic mass is 10.2. The molecule has 0 heterocycles. The van der Waals surface area contributed by atoms with Gasteiger partial charge in [-0.3, -0.25) is 4.79 Å². The van der Waals surface area contributed by atoms with E-state index in [2.05, 4.69) is 34.4 Å². The van der Waals surface area contributed by atoms with E-state index < -0.39 is 0 Å². The Morgan fingerprint density at radius 2 is 2.00 bits per heavy atom. The predicted octanol–water partition coefficient (Wildman–Crippen LogP) is 3.70. The Hall–Kier alpha value is -0.580. The Morgan fingerprint density at radius 1 is 1.35 bits per heavy atom. The third kappa shape index (κ3) is 3.44. The van der Waals surface area contributed by atoms with Crippen molar-refractivity contribution in [2.24, 2.45) is 0 Å². The van der Waals surface area contributed by atoms with Crippen LogP contribution in [0.3, 0.4) is 0 Å². The van der Waals surface area contributed by atoms with E-state index in [4.69, 9.17) is 0 Å². The highest BCUT2D eigenvalue weighted by Gasteiger charge is 2.32. The topological polar surface area (TPSA) is 20.3 Å². The molecule has 1 aliphatic carbocycles. The van der Waals surface area contributed by atoms with Gasteiger partial charge in [0, 0.05) is 21.7 Å². The minimum Gasteiger partial charge on any atom is -0.336 e. The summed E-state index contributed by atoms with van der Waals surface area (Å²) in [7, 11) is 0. The van der Waals surface area contributed by atoms with Crippen LogP contribution in [0, 0.1) is 3.57 Å². The fourth-order valence-corrected chi connectivity index (χ4v) is 2.28. The average molecular weight is 343 g/mol. The van der Waals surface area contributed by atoms with E-state index in [9.17, 15) is 4.79 Å². The fourth-order valence-electron chi connectivity index (χ4n) is 1.92. The Balaban J connectivity index is 2.07. The van der Waals surface area contributed by atoms with Crippen LogP contribution in [0.25, 0.3) is 0 Å². The summed E-state index contributed by atoms with van der Waals surface area (Å²) in [5.41, 5.74) is 0.827. The van der Waals surface area contributed by atoms with Gasteiger partial charge in [0.25, 0.3) is 5.91 Å². The summed E-state index contributed by atoms with van der Waals surface area (Å²) < 4.78 is 1.17. The SMILES string of the molecule is CCCCN(C(=O)c1ccc(I)cc1)C1CC1. The minimum absolute atomic E-state index is 0.206. The molecule has 1 amide bonds. The van der Waals surface area contributed by atoms with Crippen LogP contribution in [0.1, 0.15) is 43.0 Å². The summed E-state index contributed by atoms with van der Waals surface area (Å²) in [4.78, 5) is 14.4. The molecule has 92 valence electrons. The first-order valence-electron chi connectivity index (χ1n) is 6.29. The van der Waals surface area contributed by atoms with Gasteiger partial charge in [0.2, 0.25) is 0 Å². The van der Waals surface area contributed by atoms with Crippen LogP contribution in [0.15, 0.2) is 24.3 Å². The highest BCUT2D eigenvalue weighted by Crippen LogP contribution is 2.28. The van der Waals surface area contributed by atoms with Crippen molar-refractivity contribution in [2.45, 2.75) is 38.6 Å². The third-order valence-electron chi connectivity index (χ3n) is 3.09. The number of amides is 1. The number of benzene rings is 1. The molecule has 1 aromatic carbocycles. The normalized spacial score (nSPS) is 14.7. The zero-order valence-corrected chi connectivity index (χ0v) is 12.3. The van der Waals surface area contributed by atoms with Gasteiger partial charge in [0.15, 0.2) is 0 Å². The minimum atomic E-state index is 0.206. The van der Waals surface area contributed by atoms with Crippen LogP contribution in [-0.4, -0.2) is 23.4 Å². The zero-order valence-electron chi connectivity index (χ0n) is 10.2. The number of unbranched alkanes of at least 4 members (excludes halogenated alkanes) is 1. The van der Waals surface area contributed by atoms with E-state index in [0.29, 0.717) is 6.04 Å². The van der Waals surface area contributed by atoms with Gasteiger partial charge in [0.05, 0.1) is 0 Å². The van der Waals surface area contributed by atoms with Gasteiger partial charge in [-0.15, -0.1) is 0 Å². The van der Waals surface area contributed by atoms with Gasteiger partial charge < -0.3 is 4.90 Å². The highest BCUT2D eigenvalue weighted by atomic mass is 127. The molecule has 0 unspecified atom stereocenters. The van der Waals surface area contributed by atoms with Crippen LogP contribution in [0.2, 0.25) is 0 Å². The lowest BCUT2D eigenvalue weighted by molar-refractivity contribution is 0.0740. The molecular formula is C14H18INO.